The Bertz CT molecular complexity index is 516. The van der Waals surface area contributed by atoms with Crippen molar-refractivity contribution in [3.63, 3.8) is 0 Å². The summed E-state index contributed by atoms with van der Waals surface area (Å²) in [6, 6.07) is 7.14. The zero-order valence-electron chi connectivity index (χ0n) is 10.9. The Labute approximate surface area is 128 Å². The molecule has 1 aliphatic rings. The molecule has 1 aromatic carbocycles. The Morgan fingerprint density at radius 1 is 1.30 bits per heavy atom. The Morgan fingerprint density at radius 3 is 2.70 bits per heavy atom. The first-order valence-electron chi connectivity index (χ1n) is 6.41. The van der Waals surface area contributed by atoms with E-state index in [1.807, 2.05) is 12.1 Å². The topological polar surface area (TPSA) is 53.2 Å². The van der Waals surface area contributed by atoms with Crippen molar-refractivity contribution in [2.45, 2.75) is 19.3 Å². The molecule has 1 aromatic rings. The molecular formula is C14H16ClN3OS. The quantitative estimate of drug-likeness (QED) is 0.456. The number of hydrogen-bond acceptors (Lipinski definition) is 2. The van der Waals surface area contributed by atoms with E-state index >= 15 is 0 Å². The van der Waals surface area contributed by atoms with Gasteiger partial charge in [0, 0.05) is 17.1 Å². The van der Waals surface area contributed by atoms with Crippen molar-refractivity contribution in [2.75, 3.05) is 5.32 Å². The third-order valence-corrected chi connectivity index (χ3v) is 3.43. The standard InChI is InChI=1S/C14H16ClN3OS/c15-11-5-7-12(8-6-11)16-14(20)18-17-13(19)9-10-3-1-2-4-10/h1,3,5-8,10H,2,4,9H2,(H,17,19)(H2,16,18,20)/t10-/m1/s1. The maximum atomic E-state index is 11.7. The summed E-state index contributed by atoms with van der Waals surface area (Å²) in [5.74, 6) is 0.274. The first-order chi connectivity index (χ1) is 9.63. The van der Waals surface area contributed by atoms with Gasteiger partial charge in [0.1, 0.15) is 0 Å². The molecule has 3 N–H and O–H groups in total. The maximum Gasteiger partial charge on any atom is 0.238 e. The van der Waals surface area contributed by atoms with Gasteiger partial charge in [-0.05, 0) is 55.2 Å². The lowest BCUT2D eigenvalue weighted by Gasteiger charge is -2.13. The molecule has 6 heteroatoms. The molecule has 1 atom stereocenters. The maximum absolute atomic E-state index is 11.7. The summed E-state index contributed by atoms with van der Waals surface area (Å²) in [6.45, 7) is 0. The highest BCUT2D eigenvalue weighted by molar-refractivity contribution is 7.80. The average molecular weight is 310 g/mol. The van der Waals surface area contributed by atoms with Crippen molar-refractivity contribution in [2.24, 2.45) is 5.92 Å². The van der Waals surface area contributed by atoms with Gasteiger partial charge in [-0.15, -0.1) is 0 Å². The predicted molar refractivity (Wildman–Crippen MR) is 85.4 cm³/mol. The number of rotatable bonds is 3. The lowest BCUT2D eigenvalue weighted by molar-refractivity contribution is -0.122. The van der Waals surface area contributed by atoms with Crippen LogP contribution in [-0.2, 0) is 4.79 Å². The summed E-state index contributed by atoms with van der Waals surface area (Å²) in [4.78, 5) is 11.7. The van der Waals surface area contributed by atoms with Gasteiger partial charge in [0.05, 0.1) is 0 Å². The summed E-state index contributed by atoms with van der Waals surface area (Å²) in [7, 11) is 0. The minimum atomic E-state index is -0.0678. The van der Waals surface area contributed by atoms with Crippen LogP contribution in [0.25, 0.3) is 0 Å². The number of halogens is 1. The van der Waals surface area contributed by atoms with Gasteiger partial charge in [-0.1, -0.05) is 23.8 Å². The van der Waals surface area contributed by atoms with Gasteiger partial charge in [-0.3, -0.25) is 15.6 Å². The van der Waals surface area contributed by atoms with Crippen LogP contribution in [-0.4, -0.2) is 11.0 Å². The number of benzene rings is 1. The second-order valence-corrected chi connectivity index (χ2v) is 5.45. The summed E-state index contributed by atoms with van der Waals surface area (Å²) < 4.78 is 0. The lowest BCUT2D eigenvalue weighted by Crippen LogP contribution is -2.44. The normalized spacial score (nSPS) is 16.8. The predicted octanol–water partition coefficient (Wildman–Crippen LogP) is 3.01. The third kappa shape index (κ3) is 4.83. The summed E-state index contributed by atoms with van der Waals surface area (Å²) in [5, 5.41) is 3.95. The molecule has 1 aliphatic carbocycles. The largest absolute Gasteiger partial charge is 0.331 e. The second-order valence-electron chi connectivity index (χ2n) is 4.60. The van der Waals surface area contributed by atoms with E-state index in [9.17, 15) is 4.79 Å². The smallest absolute Gasteiger partial charge is 0.238 e. The molecule has 0 saturated heterocycles. The molecule has 0 bridgehead atoms. The Morgan fingerprint density at radius 2 is 2.05 bits per heavy atom. The van der Waals surface area contributed by atoms with Crippen molar-refractivity contribution in [3.05, 3.63) is 41.4 Å². The summed E-state index contributed by atoms with van der Waals surface area (Å²) in [6.07, 6.45) is 6.78. The fraction of sp³-hybridized carbons (Fsp3) is 0.286. The summed E-state index contributed by atoms with van der Waals surface area (Å²) in [5.41, 5.74) is 6.08. The third-order valence-electron chi connectivity index (χ3n) is 2.98. The van der Waals surface area contributed by atoms with E-state index in [0.717, 1.165) is 18.5 Å². The van der Waals surface area contributed by atoms with Crippen LogP contribution in [0.3, 0.4) is 0 Å². The number of hydrazine groups is 1. The number of amides is 1. The van der Waals surface area contributed by atoms with E-state index in [1.54, 1.807) is 12.1 Å². The van der Waals surface area contributed by atoms with E-state index in [2.05, 4.69) is 28.3 Å². The number of allylic oxidation sites excluding steroid dienone is 2. The van der Waals surface area contributed by atoms with Gasteiger partial charge in [0.25, 0.3) is 0 Å². The Kier molecular flexibility index (Phi) is 5.38. The lowest BCUT2D eigenvalue weighted by atomic mass is 10.1. The molecule has 106 valence electrons. The highest BCUT2D eigenvalue weighted by Crippen LogP contribution is 2.19. The van der Waals surface area contributed by atoms with Crippen molar-refractivity contribution in [1.82, 2.24) is 10.9 Å². The van der Waals surface area contributed by atoms with Crippen molar-refractivity contribution in [3.8, 4) is 0 Å². The van der Waals surface area contributed by atoms with Gasteiger partial charge in [0.15, 0.2) is 5.11 Å². The number of carbonyl (C=O) groups is 1. The zero-order chi connectivity index (χ0) is 14.4. The monoisotopic (exact) mass is 309 g/mol. The SMILES string of the molecule is O=C(C[C@@H]1C=CCC1)NNC(=S)Nc1ccc(Cl)cc1. The molecule has 1 amide bonds. The highest BCUT2D eigenvalue weighted by atomic mass is 35.5. The van der Waals surface area contributed by atoms with Crippen LogP contribution in [0.15, 0.2) is 36.4 Å². The number of nitrogens with one attached hydrogen (secondary N) is 3. The van der Waals surface area contributed by atoms with E-state index in [-0.39, 0.29) is 5.91 Å². The number of anilines is 1. The van der Waals surface area contributed by atoms with Crippen LogP contribution < -0.4 is 16.2 Å². The van der Waals surface area contributed by atoms with Crippen molar-refractivity contribution in [1.29, 1.82) is 0 Å². The zero-order valence-corrected chi connectivity index (χ0v) is 12.4. The fourth-order valence-corrected chi connectivity index (χ4v) is 2.27. The van der Waals surface area contributed by atoms with Gasteiger partial charge in [-0.2, -0.15) is 0 Å². The minimum Gasteiger partial charge on any atom is -0.331 e. The van der Waals surface area contributed by atoms with Crippen LogP contribution in [0.1, 0.15) is 19.3 Å². The number of hydrogen-bond donors (Lipinski definition) is 3. The molecule has 0 saturated carbocycles. The van der Waals surface area contributed by atoms with Gasteiger partial charge < -0.3 is 5.32 Å². The van der Waals surface area contributed by atoms with E-state index < -0.39 is 0 Å². The molecule has 0 heterocycles. The van der Waals surface area contributed by atoms with Gasteiger partial charge in [0.2, 0.25) is 5.91 Å². The molecule has 0 aromatic heterocycles. The molecule has 0 aliphatic heterocycles. The fourth-order valence-electron chi connectivity index (χ4n) is 1.98. The molecule has 0 fully saturated rings. The molecule has 20 heavy (non-hydrogen) atoms. The van der Waals surface area contributed by atoms with Gasteiger partial charge >= 0.3 is 0 Å². The van der Waals surface area contributed by atoms with E-state index in [4.69, 9.17) is 23.8 Å². The Hall–Kier alpha value is -1.59. The molecule has 2 rings (SSSR count). The van der Waals surface area contributed by atoms with E-state index in [0.29, 0.717) is 22.5 Å². The molecule has 0 spiro atoms. The highest BCUT2D eigenvalue weighted by Gasteiger charge is 2.13. The minimum absolute atomic E-state index is 0.0678. The van der Waals surface area contributed by atoms with Crippen LogP contribution in [0.2, 0.25) is 5.02 Å². The van der Waals surface area contributed by atoms with Crippen LogP contribution >= 0.6 is 23.8 Å². The first kappa shape index (κ1) is 14.8. The number of carbonyl (C=O) groups excluding carboxylic acids is 1. The van der Waals surface area contributed by atoms with E-state index in [1.165, 1.54) is 0 Å². The average Bonchev–Trinajstić information content (AvgIpc) is 2.92. The molecule has 4 nitrogen and oxygen atoms in total. The van der Waals surface area contributed by atoms with Crippen molar-refractivity contribution >= 4 is 40.5 Å². The van der Waals surface area contributed by atoms with Crippen LogP contribution in [0.5, 0.6) is 0 Å². The molecular weight excluding hydrogens is 294 g/mol. The number of thiocarbonyl (C=S) groups is 1. The van der Waals surface area contributed by atoms with Crippen LogP contribution in [0, 0.1) is 5.92 Å². The van der Waals surface area contributed by atoms with Crippen molar-refractivity contribution < 1.29 is 4.79 Å². The van der Waals surface area contributed by atoms with Crippen LogP contribution in [0.4, 0.5) is 5.69 Å². The summed E-state index contributed by atoms with van der Waals surface area (Å²) >= 11 is 10.9. The van der Waals surface area contributed by atoms with Gasteiger partial charge in [-0.25, -0.2) is 0 Å². The molecule has 0 unspecified atom stereocenters. The molecule has 0 radical (unpaired) electrons. The second kappa shape index (κ2) is 7.26. The Balaban J connectivity index is 1.70. The first-order valence-corrected chi connectivity index (χ1v) is 7.20.